The highest BCUT2D eigenvalue weighted by molar-refractivity contribution is 9.10. The molecule has 4 heteroatoms. The molecule has 0 fully saturated rings. The van der Waals surface area contributed by atoms with E-state index in [9.17, 15) is 0 Å². The minimum atomic E-state index is 0.0706. The van der Waals surface area contributed by atoms with Crippen LogP contribution in [-0.2, 0) is 0 Å². The monoisotopic (exact) mass is 385 g/mol. The number of halogens is 2. The first-order valence-electron chi connectivity index (χ1n) is 6.36. The molecule has 0 radical (unpaired) electrons. The van der Waals surface area contributed by atoms with Crippen molar-refractivity contribution < 1.29 is 4.42 Å². The van der Waals surface area contributed by atoms with Crippen LogP contribution in [0.4, 0.5) is 0 Å². The highest BCUT2D eigenvalue weighted by atomic mass is 79.9. The summed E-state index contributed by atoms with van der Waals surface area (Å²) in [4.78, 5) is 0. The number of nitrogens with one attached hydrogen (secondary N) is 1. The third kappa shape index (κ3) is 3.71. The summed E-state index contributed by atoms with van der Waals surface area (Å²) < 4.78 is 7.58. The van der Waals surface area contributed by atoms with Crippen LogP contribution in [0.15, 0.2) is 43.9 Å². The average molecular weight is 387 g/mol. The van der Waals surface area contributed by atoms with Crippen molar-refractivity contribution in [2.75, 3.05) is 6.54 Å². The van der Waals surface area contributed by atoms with E-state index in [1.165, 1.54) is 11.1 Å². The van der Waals surface area contributed by atoms with Gasteiger partial charge in [0.2, 0.25) is 0 Å². The highest BCUT2D eigenvalue weighted by Crippen LogP contribution is 2.31. The minimum absolute atomic E-state index is 0.0706. The van der Waals surface area contributed by atoms with Crippen LogP contribution in [0.5, 0.6) is 0 Å². The van der Waals surface area contributed by atoms with E-state index in [0.29, 0.717) is 0 Å². The van der Waals surface area contributed by atoms with Gasteiger partial charge < -0.3 is 9.73 Å². The highest BCUT2D eigenvalue weighted by Gasteiger charge is 2.19. The molecule has 2 nitrogen and oxygen atoms in total. The Labute approximate surface area is 130 Å². The average Bonchev–Trinajstić information content (AvgIpc) is 2.78. The normalized spacial score (nSPS) is 12.6. The molecule has 0 saturated heterocycles. The molecular weight excluding hydrogens is 370 g/mol. The zero-order chi connectivity index (χ0) is 13.8. The number of hydrogen-bond acceptors (Lipinski definition) is 2. The van der Waals surface area contributed by atoms with E-state index in [2.05, 4.69) is 69.2 Å². The maximum Gasteiger partial charge on any atom is 0.169 e. The summed E-state index contributed by atoms with van der Waals surface area (Å²) in [6, 6.07) is 10.4. The Balaban J connectivity index is 2.36. The lowest BCUT2D eigenvalue weighted by Crippen LogP contribution is -2.23. The third-order valence-corrected chi connectivity index (χ3v) is 4.06. The summed E-state index contributed by atoms with van der Waals surface area (Å²) in [7, 11) is 0. The first-order valence-corrected chi connectivity index (χ1v) is 7.95. The first-order chi connectivity index (χ1) is 9.11. The molecule has 0 aliphatic carbocycles. The Morgan fingerprint density at radius 3 is 2.58 bits per heavy atom. The van der Waals surface area contributed by atoms with E-state index in [1.807, 2.05) is 12.1 Å². The Morgan fingerprint density at radius 1 is 1.21 bits per heavy atom. The predicted octanol–water partition coefficient (Wildman–Crippen LogP) is 5.20. The summed E-state index contributed by atoms with van der Waals surface area (Å²) in [5, 5.41) is 3.53. The van der Waals surface area contributed by atoms with Crippen molar-refractivity contribution in [3.63, 3.8) is 0 Å². The van der Waals surface area contributed by atoms with Gasteiger partial charge in [0.15, 0.2) is 4.67 Å². The van der Waals surface area contributed by atoms with Gasteiger partial charge in [-0.15, -0.1) is 0 Å². The van der Waals surface area contributed by atoms with Crippen molar-refractivity contribution in [1.29, 1.82) is 0 Å². The molecule has 1 aromatic carbocycles. The van der Waals surface area contributed by atoms with Gasteiger partial charge >= 0.3 is 0 Å². The first kappa shape index (κ1) is 14.8. The lowest BCUT2D eigenvalue weighted by atomic mass is 10.0. The second-order valence-electron chi connectivity index (χ2n) is 4.55. The van der Waals surface area contributed by atoms with Gasteiger partial charge in [-0.25, -0.2) is 0 Å². The lowest BCUT2D eigenvalue weighted by Gasteiger charge is -2.18. The molecule has 0 aliphatic rings. The summed E-state index contributed by atoms with van der Waals surface area (Å²) in [6.07, 6.45) is 1.09. The molecule has 1 heterocycles. The molecular formula is C15H17Br2NO. The molecule has 102 valence electrons. The second-order valence-corrected chi connectivity index (χ2v) is 6.19. The fraction of sp³-hybridized carbons (Fsp3) is 0.333. The van der Waals surface area contributed by atoms with Crippen molar-refractivity contribution in [3.8, 4) is 0 Å². The topological polar surface area (TPSA) is 25.2 Å². The van der Waals surface area contributed by atoms with Crippen molar-refractivity contribution in [3.05, 3.63) is 56.4 Å². The van der Waals surface area contributed by atoms with Crippen LogP contribution in [-0.4, -0.2) is 6.54 Å². The SMILES string of the molecule is CCCNC(c1ccc(Br)o1)c1ccc(C)cc1Br. The maximum absolute atomic E-state index is 5.72. The smallest absolute Gasteiger partial charge is 0.169 e. The van der Waals surface area contributed by atoms with E-state index in [1.54, 1.807) is 0 Å². The quantitative estimate of drug-likeness (QED) is 0.763. The summed E-state index contributed by atoms with van der Waals surface area (Å²) >= 11 is 7.02. The number of aryl methyl sites for hydroxylation is 1. The Kier molecular flexibility index (Phi) is 5.25. The van der Waals surface area contributed by atoms with Gasteiger partial charge in [-0.05, 0) is 65.1 Å². The molecule has 1 unspecified atom stereocenters. The van der Waals surface area contributed by atoms with E-state index in [0.717, 1.165) is 27.9 Å². The second kappa shape index (κ2) is 6.73. The molecule has 1 atom stereocenters. The Bertz CT molecular complexity index is 551. The lowest BCUT2D eigenvalue weighted by molar-refractivity contribution is 0.432. The summed E-state index contributed by atoms with van der Waals surface area (Å²) in [5.74, 6) is 0.921. The third-order valence-electron chi connectivity index (χ3n) is 2.94. The molecule has 0 spiro atoms. The molecule has 2 aromatic rings. The van der Waals surface area contributed by atoms with Crippen LogP contribution in [0.2, 0.25) is 0 Å². The molecule has 2 rings (SSSR count). The zero-order valence-electron chi connectivity index (χ0n) is 11.0. The molecule has 19 heavy (non-hydrogen) atoms. The maximum atomic E-state index is 5.72. The van der Waals surface area contributed by atoms with Crippen LogP contribution in [0.25, 0.3) is 0 Å². The predicted molar refractivity (Wildman–Crippen MR) is 85.4 cm³/mol. The molecule has 0 bridgehead atoms. The van der Waals surface area contributed by atoms with E-state index < -0.39 is 0 Å². The van der Waals surface area contributed by atoms with Gasteiger partial charge in [-0.2, -0.15) is 0 Å². The van der Waals surface area contributed by atoms with Crippen LogP contribution < -0.4 is 5.32 Å². The summed E-state index contributed by atoms with van der Waals surface area (Å²) in [6.45, 7) is 5.20. The van der Waals surface area contributed by atoms with Gasteiger partial charge in [0.1, 0.15) is 5.76 Å². The fourth-order valence-corrected chi connectivity index (χ4v) is 3.04. The number of furan rings is 1. The van der Waals surface area contributed by atoms with E-state index in [-0.39, 0.29) is 6.04 Å². The largest absolute Gasteiger partial charge is 0.452 e. The fourth-order valence-electron chi connectivity index (χ4n) is 2.00. The van der Waals surface area contributed by atoms with Crippen LogP contribution in [0, 0.1) is 6.92 Å². The summed E-state index contributed by atoms with van der Waals surface area (Å²) in [5.41, 5.74) is 2.44. The molecule has 0 aliphatic heterocycles. The number of rotatable bonds is 5. The van der Waals surface area contributed by atoms with Crippen LogP contribution in [0.1, 0.15) is 36.3 Å². The van der Waals surface area contributed by atoms with Crippen molar-refractivity contribution >= 4 is 31.9 Å². The Hall–Kier alpha value is -0.580. The van der Waals surface area contributed by atoms with Gasteiger partial charge in [-0.1, -0.05) is 35.0 Å². The van der Waals surface area contributed by atoms with Crippen molar-refractivity contribution in [2.24, 2.45) is 0 Å². The standard InChI is InChI=1S/C15H17Br2NO/c1-3-8-18-15(13-6-7-14(17)19-13)11-5-4-10(2)9-12(11)16/h4-7,9,15,18H,3,8H2,1-2H3. The molecule has 0 saturated carbocycles. The number of benzene rings is 1. The van der Waals surface area contributed by atoms with Gasteiger partial charge in [0.05, 0.1) is 6.04 Å². The zero-order valence-corrected chi connectivity index (χ0v) is 14.2. The molecule has 1 N–H and O–H groups in total. The molecule has 1 aromatic heterocycles. The van der Waals surface area contributed by atoms with Crippen LogP contribution in [0.3, 0.4) is 0 Å². The van der Waals surface area contributed by atoms with Gasteiger partial charge in [-0.3, -0.25) is 0 Å². The Morgan fingerprint density at radius 2 is 2.00 bits per heavy atom. The van der Waals surface area contributed by atoms with E-state index >= 15 is 0 Å². The minimum Gasteiger partial charge on any atom is -0.452 e. The van der Waals surface area contributed by atoms with Gasteiger partial charge in [0, 0.05) is 4.47 Å². The van der Waals surface area contributed by atoms with E-state index in [4.69, 9.17) is 4.42 Å². The van der Waals surface area contributed by atoms with Crippen molar-refractivity contribution in [1.82, 2.24) is 5.32 Å². The molecule has 0 amide bonds. The van der Waals surface area contributed by atoms with Gasteiger partial charge in [0.25, 0.3) is 0 Å². The van der Waals surface area contributed by atoms with Crippen molar-refractivity contribution in [2.45, 2.75) is 26.3 Å². The number of hydrogen-bond donors (Lipinski definition) is 1. The van der Waals surface area contributed by atoms with Crippen LogP contribution >= 0.6 is 31.9 Å².